The van der Waals surface area contributed by atoms with E-state index < -0.39 is 6.04 Å². The van der Waals surface area contributed by atoms with Crippen LogP contribution in [0, 0.1) is 0 Å². The largest absolute Gasteiger partial charge is 0.454 e. The lowest BCUT2D eigenvalue weighted by Crippen LogP contribution is -2.45. The summed E-state index contributed by atoms with van der Waals surface area (Å²) in [7, 11) is 0. The fraction of sp³-hybridized carbons (Fsp3) is 0.364. The molecule has 8 heteroatoms. The van der Waals surface area contributed by atoms with E-state index in [1.807, 2.05) is 0 Å². The first-order valence-corrected chi connectivity index (χ1v) is 9.99. The second-order valence-electron chi connectivity index (χ2n) is 7.65. The van der Waals surface area contributed by atoms with Crippen molar-refractivity contribution in [3.8, 4) is 11.5 Å². The third-order valence-electron chi connectivity index (χ3n) is 5.80. The average molecular weight is 430 g/mol. The summed E-state index contributed by atoms with van der Waals surface area (Å²) in [6.45, 7) is 2.99. The molecule has 0 bridgehead atoms. The molecule has 0 spiro atoms. The number of nitrogens with zero attached hydrogens (tertiary/aromatic N) is 1. The number of rotatable bonds is 4. The van der Waals surface area contributed by atoms with Crippen LogP contribution in [0.3, 0.4) is 0 Å². The van der Waals surface area contributed by atoms with Crippen LogP contribution in [-0.2, 0) is 24.4 Å². The van der Waals surface area contributed by atoms with Crippen LogP contribution in [-0.4, -0.2) is 36.1 Å². The SMILES string of the molecule is Cl.O=C(NCc1ccc2c(c1)CNC2)C1CCCN1C(=O)c1ccc2c(c1)OCO2. The molecule has 1 unspecified atom stereocenters. The lowest BCUT2D eigenvalue weighted by molar-refractivity contribution is -0.125. The van der Waals surface area contributed by atoms with Crippen molar-refractivity contribution in [1.29, 1.82) is 0 Å². The van der Waals surface area contributed by atoms with Gasteiger partial charge in [-0.15, -0.1) is 12.4 Å². The van der Waals surface area contributed by atoms with Gasteiger partial charge in [0.05, 0.1) is 0 Å². The minimum Gasteiger partial charge on any atom is -0.454 e. The van der Waals surface area contributed by atoms with Crippen LogP contribution in [0.1, 0.15) is 39.9 Å². The number of likely N-dealkylation sites (tertiary alicyclic amines) is 1. The van der Waals surface area contributed by atoms with E-state index in [0.29, 0.717) is 36.6 Å². The normalized spacial score (nSPS) is 18.7. The molecule has 3 aliphatic heterocycles. The van der Waals surface area contributed by atoms with Crippen molar-refractivity contribution in [2.45, 2.75) is 38.5 Å². The van der Waals surface area contributed by atoms with Crippen molar-refractivity contribution in [1.82, 2.24) is 15.5 Å². The molecule has 3 heterocycles. The van der Waals surface area contributed by atoms with Gasteiger partial charge in [0.25, 0.3) is 5.91 Å². The monoisotopic (exact) mass is 429 g/mol. The molecule has 0 aliphatic carbocycles. The quantitative estimate of drug-likeness (QED) is 0.780. The van der Waals surface area contributed by atoms with Crippen LogP contribution >= 0.6 is 12.4 Å². The fourth-order valence-corrected chi connectivity index (χ4v) is 4.24. The van der Waals surface area contributed by atoms with E-state index in [1.54, 1.807) is 23.1 Å². The second kappa shape index (κ2) is 8.53. The molecule has 0 radical (unpaired) electrons. The van der Waals surface area contributed by atoms with E-state index in [4.69, 9.17) is 9.47 Å². The highest BCUT2D eigenvalue weighted by Gasteiger charge is 2.35. The molecule has 1 fully saturated rings. The Hall–Kier alpha value is -2.77. The van der Waals surface area contributed by atoms with Crippen LogP contribution < -0.4 is 20.1 Å². The molecule has 2 N–H and O–H groups in total. The van der Waals surface area contributed by atoms with Crippen molar-refractivity contribution >= 4 is 24.2 Å². The third kappa shape index (κ3) is 3.82. The summed E-state index contributed by atoms with van der Waals surface area (Å²) in [4.78, 5) is 27.5. The molecule has 158 valence electrons. The molecule has 0 aromatic heterocycles. The van der Waals surface area contributed by atoms with Gasteiger partial charge in [0.2, 0.25) is 12.7 Å². The number of carbonyl (C=O) groups excluding carboxylic acids is 2. The number of halogens is 1. The number of ether oxygens (including phenoxy) is 2. The maximum atomic E-state index is 13.0. The summed E-state index contributed by atoms with van der Waals surface area (Å²) in [5, 5.41) is 6.34. The first kappa shape index (κ1) is 20.5. The van der Waals surface area contributed by atoms with E-state index >= 15 is 0 Å². The Labute approximate surface area is 181 Å². The van der Waals surface area contributed by atoms with Crippen molar-refractivity contribution in [3.63, 3.8) is 0 Å². The maximum absolute atomic E-state index is 13.0. The Bertz CT molecular complexity index is 981. The van der Waals surface area contributed by atoms with Gasteiger partial charge >= 0.3 is 0 Å². The fourth-order valence-electron chi connectivity index (χ4n) is 4.24. The molecule has 2 amide bonds. The van der Waals surface area contributed by atoms with Crippen molar-refractivity contribution in [2.24, 2.45) is 0 Å². The van der Waals surface area contributed by atoms with Crippen LogP contribution in [0.15, 0.2) is 36.4 Å². The van der Waals surface area contributed by atoms with E-state index in [-0.39, 0.29) is 31.0 Å². The number of hydrogen-bond donors (Lipinski definition) is 2. The molecule has 1 saturated heterocycles. The Morgan fingerprint density at radius 2 is 1.90 bits per heavy atom. The lowest BCUT2D eigenvalue weighted by atomic mass is 10.1. The van der Waals surface area contributed by atoms with Crippen LogP contribution in [0.25, 0.3) is 0 Å². The van der Waals surface area contributed by atoms with Gasteiger partial charge in [-0.3, -0.25) is 9.59 Å². The number of fused-ring (bicyclic) bond motifs is 2. The van der Waals surface area contributed by atoms with Gasteiger partial charge in [-0.1, -0.05) is 18.2 Å². The predicted octanol–water partition coefficient (Wildman–Crippen LogP) is 2.36. The summed E-state index contributed by atoms with van der Waals surface area (Å²) >= 11 is 0. The molecule has 7 nitrogen and oxygen atoms in total. The highest BCUT2D eigenvalue weighted by Crippen LogP contribution is 2.33. The minimum absolute atomic E-state index is 0. The van der Waals surface area contributed by atoms with Gasteiger partial charge in [0.1, 0.15) is 6.04 Å². The summed E-state index contributed by atoms with van der Waals surface area (Å²) in [5.74, 6) is 0.962. The second-order valence-corrected chi connectivity index (χ2v) is 7.65. The van der Waals surface area contributed by atoms with Gasteiger partial charge in [0.15, 0.2) is 11.5 Å². The maximum Gasteiger partial charge on any atom is 0.254 e. The zero-order valence-corrected chi connectivity index (χ0v) is 17.3. The number of carbonyl (C=O) groups is 2. The van der Waals surface area contributed by atoms with Gasteiger partial charge < -0.3 is 25.0 Å². The van der Waals surface area contributed by atoms with Crippen LogP contribution in [0.5, 0.6) is 11.5 Å². The first-order chi connectivity index (χ1) is 14.2. The molecule has 5 rings (SSSR count). The average Bonchev–Trinajstić information content (AvgIpc) is 3.50. The molecule has 2 aromatic rings. The third-order valence-corrected chi connectivity index (χ3v) is 5.80. The summed E-state index contributed by atoms with van der Waals surface area (Å²) in [6.07, 6.45) is 1.50. The standard InChI is InChI=1S/C22H23N3O4.ClH/c26-21(24-10-14-3-4-16-11-23-12-17(16)8-14)18-2-1-7-25(18)22(27)15-5-6-19-20(9-15)29-13-28-19;/h3-6,8-9,18,23H,1-2,7,10-13H2,(H,24,26);1H. The number of nitrogens with one attached hydrogen (secondary N) is 2. The van der Waals surface area contributed by atoms with Gasteiger partial charge in [-0.25, -0.2) is 0 Å². The van der Waals surface area contributed by atoms with Crippen LogP contribution in [0.4, 0.5) is 0 Å². The van der Waals surface area contributed by atoms with Crippen molar-refractivity contribution in [3.05, 3.63) is 58.7 Å². The molecule has 3 aliphatic rings. The summed E-state index contributed by atoms with van der Waals surface area (Å²) < 4.78 is 10.7. The van der Waals surface area contributed by atoms with E-state index in [1.165, 1.54) is 11.1 Å². The van der Waals surface area contributed by atoms with E-state index in [2.05, 4.69) is 28.8 Å². The highest BCUT2D eigenvalue weighted by atomic mass is 35.5. The Morgan fingerprint density at radius 3 is 2.80 bits per heavy atom. The smallest absolute Gasteiger partial charge is 0.254 e. The topological polar surface area (TPSA) is 79.9 Å². The van der Waals surface area contributed by atoms with Gasteiger partial charge in [-0.05, 0) is 47.7 Å². The number of amides is 2. The first-order valence-electron chi connectivity index (χ1n) is 9.99. The molecule has 0 saturated carbocycles. The Kier molecular flexibility index (Phi) is 5.83. The Balaban J connectivity index is 0.00000218. The molecule has 1 atom stereocenters. The summed E-state index contributed by atoms with van der Waals surface area (Å²) in [5.41, 5.74) is 4.20. The number of benzene rings is 2. The lowest BCUT2D eigenvalue weighted by Gasteiger charge is -2.24. The molecular weight excluding hydrogens is 406 g/mol. The van der Waals surface area contributed by atoms with E-state index in [9.17, 15) is 9.59 Å². The Morgan fingerprint density at radius 1 is 1.07 bits per heavy atom. The molecular formula is C22H24ClN3O4. The van der Waals surface area contributed by atoms with Gasteiger partial charge in [-0.2, -0.15) is 0 Å². The van der Waals surface area contributed by atoms with E-state index in [0.717, 1.165) is 25.1 Å². The highest BCUT2D eigenvalue weighted by molar-refractivity contribution is 5.98. The summed E-state index contributed by atoms with van der Waals surface area (Å²) in [6, 6.07) is 11.0. The number of hydrogen-bond acceptors (Lipinski definition) is 5. The van der Waals surface area contributed by atoms with Crippen LogP contribution in [0.2, 0.25) is 0 Å². The molecule has 30 heavy (non-hydrogen) atoms. The zero-order chi connectivity index (χ0) is 19.8. The predicted molar refractivity (Wildman–Crippen MR) is 113 cm³/mol. The van der Waals surface area contributed by atoms with Crippen molar-refractivity contribution < 1.29 is 19.1 Å². The minimum atomic E-state index is -0.441. The van der Waals surface area contributed by atoms with Gasteiger partial charge in [0, 0.05) is 31.7 Å². The van der Waals surface area contributed by atoms with Crippen molar-refractivity contribution in [2.75, 3.05) is 13.3 Å². The zero-order valence-electron chi connectivity index (χ0n) is 16.5. The molecule has 2 aromatic carbocycles.